The number of fused-ring (bicyclic) bond motifs is 1. The lowest BCUT2D eigenvalue weighted by Crippen LogP contribution is -2.09. The van der Waals surface area contributed by atoms with E-state index in [1.807, 2.05) is 31.2 Å². The molecule has 0 atom stereocenters. The van der Waals surface area contributed by atoms with Gasteiger partial charge in [0.15, 0.2) is 0 Å². The average Bonchev–Trinajstić information content (AvgIpc) is 2.56. The first-order chi connectivity index (χ1) is 11.1. The molecule has 0 spiro atoms. The van der Waals surface area contributed by atoms with Crippen LogP contribution < -0.4 is 4.74 Å². The lowest BCUT2D eigenvalue weighted by Gasteiger charge is -2.10. The fraction of sp³-hybridized carbons (Fsp3) is 0.368. The van der Waals surface area contributed by atoms with Crippen molar-refractivity contribution < 1.29 is 19.1 Å². The van der Waals surface area contributed by atoms with Gasteiger partial charge in [-0.3, -0.25) is 4.79 Å². The predicted octanol–water partition coefficient (Wildman–Crippen LogP) is 3.95. The molecule has 4 heteroatoms. The number of esters is 1. The highest BCUT2D eigenvalue weighted by atomic mass is 16.5. The SMILES string of the molecule is COc1ccc2c(c1)C=CCCCC(=O)CC=C(C)COC2=O. The molecule has 0 bridgehead atoms. The average molecular weight is 314 g/mol. The second-order valence-corrected chi connectivity index (χ2v) is 5.62. The van der Waals surface area contributed by atoms with E-state index in [2.05, 4.69) is 0 Å². The van der Waals surface area contributed by atoms with Crippen LogP contribution in [0.5, 0.6) is 5.75 Å². The van der Waals surface area contributed by atoms with Crippen LogP contribution in [-0.4, -0.2) is 25.5 Å². The summed E-state index contributed by atoms with van der Waals surface area (Å²) in [6.45, 7) is 2.06. The molecule has 0 aromatic heterocycles. The number of ether oxygens (including phenoxy) is 2. The normalized spacial score (nSPS) is 16.9. The van der Waals surface area contributed by atoms with E-state index in [-0.39, 0.29) is 18.4 Å². The first-order valence-electron chi connectivity index (χ1n) is 7.79. The molecule has 1 heterocycles. The monoisotopic (exact) mass is 314 g/mol. The highest BCUT2D eigenvalue weighted by Gasteiger charge is 2.13. The van der Waals surface area contributed by atoms with Gasteiger partial charge in [-0.15, -0.1) is 0 Å². The van der Waals surface area contributed by atoms with Crippen LogP contribution in [0.15, 0.2) is 35.9 Å². The van der Waals surface area contributed by atoms with Crippen LogP contribution in [0.25, 0.3) is 6.08 Å². The Morgan fingerprint density at radius 2 is 2.04 bits per heavy atom. The van der Waals surface area contributed by atoms with Crippen LogP contribution in [0.4, 0.5) is 0 Å². The molecule has 2 rings (SSSR count). The van der Waals surface area contributed by atoms with Crippen molar-refractivity contribution in [2.24, 2.45) is 0 Å². The fourth-order valence-corrected chi connectivity index (χ4v) is 2.33. The van der Waals surface area contributed by atoms with Crippen molar-refractivity contribution in [3.63, 3.8) is 0 Å². The van der Waals surface area contributed by atoms with Crippen molar-refractivity contribution in [3.8, 4) is 5.75 Å². The molecule has 4 nitrogen and oxygen atoms in total. The Hall–Kier alpha value is -2.36. The molecular weight excluding hydrogens is 292 g/mol. The number of benzene rings is 1. The molecule has 23 heavy (non-hydrogen) atoms. The Labute approximate surface area is 136 Å². The lowest BCUT2D eigenvalue weighted by molar-refractivity contribution is -0.118. The number of carbonyl (C=O) groups excluding carboxylic acids is 2. The largest absolute Gasteiger partial charge is 0.497 e. The summed E-state index contributed by atoms with van der Waals surface area (Å²) in [5.74, 6) is 0.528. The van der Waals surface area contributed by atoms with E-state index in [4.69, 9.17) is 9.47 Å². The minimum Gasteiger partial charge on any atom is -0.497 e. The lowest BCUT2D eigenvalue weighted by atomic mass is 10.0. The van der Waals surface area contributed by atoms with Crippen molar-refractivity contribution in [1.29, 1.82) is 0 Å². The third-order valence-electron chi connectivity index (χ3n) is 3.71. The van der Waals surface area contributed by atoms with Crippen LogP contribution in [0.1, 0.15) is 48.5 Å². The van der Waals surface area contributed by atoms with E-state index < -0.39 is 0 Å². The maximum Gasteiger partial charge on any atom is 0.339 e. The number of allylic oxidation sites excluding steroid dienone is 2. The van der Waals surface area contributed by atoms with Gasteiger partial charge in [-0.05, 0) is 49.1 Å². The molecule has 0 N–H and O–H groups in total. The zero-order valence-electron chi connectivity index (χ0n) is 13.6. The molecule has 0 aliphatic carbocycles. The molecule has 0 radical (unpaired) electrons. The second-order valence-electron chi connectivity index (χ2n) is 5.62. The first-order valence-corrected chi connectivity index (χ1v) is 7.79. The Bertz CT molecular complexity index is 641. The predicted molar refractivity (Wildman–Crippen MR) is 89.5 cm³/mol. The van der Waals surface area contributed by atoms with Gasteiger partial charge in [0.05, 0.1) is 12.7 Å². The number of ketones is 1. The van der Waals surface area contributed by atoms with Crippen molar-refractivity contribution in [1.82, 2.24) is 0 Å². The van der Waals surface area contributed by atoms with Crippen LogP contribution in [0, 0.1) is 0 Å². The van der Waals surface area contributed by atoms with Crippen LogP contribution >= 0.6 is 0 Å². The summed E-state index contributed by atoms with van der Waals surface area (Å²) in [6, 6.07) is 5.28. The van der Waals surface area contributed by atoms with E-state index in [0.29, 0.717) is 24.2 Å². The summed E-state index contributed by atoms with van der Waals surface area (Å²) in [5.41, 5.74) is 2.16. The van der Waals surface area contributed by atoms with Gasteiger partial charge in [0, 0.05) is 12.8 Å². The van der Waals surface area contributed by atoms with Crippen molar-refractivity contribution in [3.05, 3.63) is 47.1 Å². The zero-order valence-corrected chi connectivity index (χ0v) is 13.6. The quantitative estimate of drug-likeness (QED) is 0.581. The summed E-state index contributed by atoms with van der Waals surface area (Å²) in [4.78, 5) is 24.0. The summed E-state index contributed by atoms with van der Waals surface area (Å²) in [5, 5.41) is 0. The number of cyclic esters (lactones) is 1. The third kappa shape index (κ3) is 5.09. The molecule has 0 saturated heterocycles. The summed E-state index contributed by atoms with van der Waals surface area (Å²) in [6.07, 6.45) is 8.28. The summed E-state index contributed by atoms with van der Waals surface area (Å²) >= 11 is 0. The van der Waals surface area contributed by atoms with Gasteiger partial charge in [0.25, 0.3) is 0 Å². The Kier molecular flexibility index (Phi) is 6.15. The van der Waals surface area contributed by atoms with Crippen LogP contribution in [0.2, 0.25) is 0 Å². The maximum atomic E-state index is 12.3. The van der Waals surface area contributed by atoms with Crippen molar-refractivity contribution >= 4 is 17.8 Å². The molecule has 1 aliphatic heterocycles. The van der Waals surface area contributed by atoms with E-state index in [9.17, 15) is 9.59 Å². The third-order valence-corrected chi connectivity index (χ3v) is 3.71. The Morgan fingerprint density at radius 3 is 2.83 bits per heavy atom. The molecule has 1 aliphatic rings. The van der Waals surface area contributed by atoms with Gasteiger partial charge in [0.1, 0.15) is 18.1 Å². The Balaban J connectivity index is 2.28. The van der Waals surface area contributed by atoms with E-state index >= 15 is 0 Å². The number of rotatable bonds is 1. The summed E-state index contributed by atoms with van der Waals surface area (Å²) < 4.78 is 10.6. The van der Waals surface area contributed by atoms with Gasteiger partial charge in [-0.1, -0.05) is 18.2 Å². The van der Waals surface area contributed by atoms with E-state index in [1.54, 1.807) is 19.2 Å². The zero-order chi connectivity index (χ0) is 16.7. The molecule has 0 amide bonds. The van der Waals surface area contributed by atoms with Gasteiger partial charge in [-0.25, -0.2) is 4.79 Å². The molecule has 0 saturated carbocycles. The summed E-state index contributed by atoms with van der Waals surface area (Å²) in [7, 11) is 1.59. The molecule has 0 unspecified atom stereocenters. The van der Waals surface area contributed by atoms with Gasteiger partial charge in [0.2, 0.25) is 0 Å². The first kappa shape index (κ1) is 17.0. The molecule has 1 aromatic carbocycles. The fourth-order valence-electron chi connectivity index (χ4n) is 2.33. The van der Waals surface area contributed by atoms with E-state index in [0.717, 1.165) is 24.0 Å². The number of carbonyl (C=O) groups is 2. The van der Waals surface area contributed by atoms with Gasteiger partial charge < -0.3 is 9.47 Å². The minimum absolute atomic E-state index is 0.196. The minimum atomic E-state index is -0.372. The molecule has 1 aromatic rings. The van der Waals surface area contributed by atoms with Gasteiger partial charge >= 0.3 is 5.97 Å². The number of hydrogen-bond donors (Lipinski definition) is 0. The maximum absolute atomic E-state index is 12.3. The topological polar surface area (TPSA) is 52.6 Å². The number of Topliss-reactive ketones (excluding diaryl/α,β-unsaturated/α-hetero) is 1. The smallest absolute Gasteiger partial charge is 0.339 e. The van der Waals surface area contributed by atoms with Gasteiger partial charge in [-0.2, -0.15) is 0 Å². The van der Waals surface area contributed by atoms with E-state index in [1.165, 1.54) is 0 Å². The highest BCUT2D eigenvalue weighted by molar-refractivity contribution is 5.94. The second kappa shape index (κ2) is 8.32. The van der Waals surface area contributed by atoms with Crippen LogP contribution in [-0.2, 0) is 9.53 Å². The van der Waals surface area contributed by atoms with Crippen molar-refractivity contribution in [2.45, 2.75) is 32.6 Å². The number of methoxy groups -OCH3 is 1. The Morgan fingerprint density at radius 1 is 1.22 bits per heavy atom. The molecular formula is C19H22O4. The highest BCUT2D eigenvalue weighted by Crippen LogP contribution is 2.21. The number of hydrogen-bond acceptors (Lipinski definition) is 4. The standard InChI is InChI=1S/C19H22O4/c1-14-8-9-16(20)7-5-3-4-6-15-12-17(22-2)10-11-18(15)19(21)23-13-14/h4,6,8,10-12H,3,5,7,9,13H2,1-2H3. The molecule has 122 valence electrons. The van der Waals surface area contributed by atoms with Crippen molar-refractivity contribution in [2.75, 3.05) is 13.7 Å². The van der Waals surface area contributed by atoms with Crippen LogP contribution in [0.3, 0.4) is 0 Å². The molecule has 0 fully saturated rings.